The van der Waals surface area contributed by atoms with Gasteiger partial charge in [-0.2, -0.15) is 4.52 Å². The molecule has 34 heavy (non-hydrogen) atoms. The van der Waals surface area contributed by atoms with Gasteiger partial charge in [-0.1, -0.05) is 48.8 Å². The summed E-state index contributed by atoms with van der Waals surface area (Å²) >= 11 is 0. The predicted octanol–water partition coefficient (Wildman–Crippen LogP) is 4.35. The lowest BCUT2D eigenvalue weighted by molar-refractivity contribution is 0.231. The van der Waals surface area contributed by atoms with Crippen LogP contribution in [0.5, 0.6) is 5.88 Å². The van der Waals surface area contributed by atoms with Crippen molar-refractivity contribution < 1.29 is 9.26 Å². The molecule has 5 aromatic rings. The normalized spacial score (nSPS) is 14.9. The maximum Gasteiger partial charge on any atom is 0.236 e. The number of ether oxygens (including phenoxy) is 1. The molecule has 4 heterocycles. The van der Waals surface area contributed by atoms with Gasteiger partial charge in [0.2, 0.25) is 11.7 Å². The van der Waals surface area contributed by atoms with Crippen LogP contribution in [0, 0.1) is 6.92 Å². The highest BCUT2D eigenvalue weighted by Gasteiger charge is 2.37. The molecule has 1 aliphatic rings. The number of hydrogen-bond acceptors (Lipinski definition) is 7. The van der Waals surface area contributed by atoms with Gasteiger partial charge in [0, 0.05) is 30.6 Å². The van der Waals surface area contributed by atoms with Crippen LogP contribution in [-0.4, -0.2) is 34.5 Å². The van der Waals surface area contributed by atoms with Crippen LogP contribution in [0.4, 0.5) is 0 Å². The Morgan fingerprint density at radius 1 is 1.12 bits per heavy atom. The maximum absolute atomic E-state index is 6.34. The van der Waals surface area contributed by atoms with Crippen molar-refractivity contribution in [3.8, 4) is 17.4 Å². The van der Waals surface area contributed by atoms with Crippen molar-refractivity contribution in [1.82, 2.24) is 34.5 Å². The van der Waals surface area contributed by atoms with Gasteiger partial charge in [-0.3, -0.25) is 0 Å². The molecule has 6 rings (SSSR count). The summed E-state index contributed by atoms with van der Waals surface area (Å²) in [5, 5.41) is 17.6. The second-order valence-electron chi connectivity index (χ2n) is 9.14. The van der Waals surface area contributed by atoms with Crippen molar-refractivity contribution in [2.75, 3.05) is 0 Å². The van der Waals surface area contributed by atoms with Gasteiger partial charge in [0.25, 0.3) is 0 Å². The van der Waals surface area contributed by atoms with Crippen molar-refractivity contribution in [2.45, 2.75) is 51.7 Å². The third kappa shape index (κ3) is 3.63. The smallest absolute Gasteiger partial charge is 0.236 e. The van der Waals surface area contributed by atoms with Crippen molar-refractivity contribution >= 4 is 5.65 Å². The molecule has 0 N–H and O–H groups in total. The second-order valence-corrected chi connectivity index (χ2v) is 9.14. The zero-order chi connectivity index (χ0) is 23.1. The average Bonchev–Trinajstić information content (AvgIpc) is 3.56. The van der Waals surface area contributed by atoms with Gasteiger partial charge >= 0.3 is 0 Å². The van der Waals surface area contributed by atoms with E-state index in [2.05, 4.69) is 44.0 Å². The first-order valence-corrected chi connectivity index (χ1v) is 11.5. The molecule has 0 aliphatic heterocycles. The molecular weight excluding hydrogens is 430 g/mol. The molecule has 1 fully saturated rings. The van der Waals surface area contributed by atoms with E-state index in [4.69, 9.17) is 14.4 Å². The third-order valence-electron chi connectivity index (χ3n) is 6.66. The van der Waals surface area contributed by atoms with Gasteiger partial charge in [-0.15, -0.1) is 15.3 Å². The Hall–Kier alpha value is -4.01. The molecule has 1 aromatic carbocycles. The summed E-state index contributed by atoms with van der Waals surface area (Å²) in [4.78, 5) is 4.53. The molecule has 4 aromatic heterocycles. The van der Waals surface area contributed by atoms with Crippen LogP contribution in [0.2, 0.25) is 0 Å². The SMILES string of the molecule is Cc1cc(-c2nnc3cc(C4(C)CCC4)c(OCc4nccn4Cc4ccccc4)nn23)no1. The molecule has 0 amide bonds. The van der Waals surface area contributed by atoms with E-state index in [0.29, 0.717) is 35.4 Å². The third-order valence-corrected chi connectivity index (χ3v) is 6.66. The highest BCUT2D eigenvalue weighted by Crippen LogP contribution is 2.46. The zero-order valence-electron chi connectivity index (χ0n) is 19.2. The Bertz CT molecular complexity index is 1450. The molecule has 1 saturated carbocycles. The molecule has 9 heteroatoms. The number of aryl methyl sites for hydroxylation is 1. The van der Waals surface area contributed by atoms with Gasteiger partial charge in [-0.05, 0) is 36.8 Å². The topological polar surface area (TPSA) is 96.2 Å². The van der Waals surface area contributed by atoms with Gasteiger partial charge in [0.1, 0.15) is 18.2 Å². The first-order valence-electron chi connectivity index (χ1n) is 11.5. The summed E-state index contributed by atoms with van der Waals surface area (Å²) < 4.78 is 15.3. The van der Waals surface area contributed by atoms with Crippen LogP contribution in [0.15, 0.2) is 59.4 Å². The van der Waals surface area contributed by atoms with Crippen LogP contribution < -0.4 is 4.74 Å². The summed E-state index contributed by atoms with van der Waals surface area (Å²) in [6.45, 7) is 5.14. The fraction of sp³-hybridized carbons (Fsp3) is 0.320. The minimum Gasteiger partial charge on any atom is -0.468 e. The Morgan fingerprint density at radius 2 is 1.97 bits per heavy atom. The Labute approximate surface area is 196 Å². The van der Waals surface area contributed by atoms with Crippen molar-refractivity contribution in [2.24, 2.45) is 0 Å². The molecule has 0 atom stereocenters. The Kier molecular flexibility index (Phi) is 4.90. The molecule has 0 bridgehead atoms. The summed E-state index contributed by atoms with van der Waals surface area (Å²) in [5.74, 6) is 2.64. The fourth-order valence-corrected chi connectivity index (χ4v) is 4.50. The molecule has 0 radical (unpaired) electrons. The van der Waals surface area contributed by atoms with Gasteiger partial charge in [0.15, 0.2) is 11.3 Å². The van der Waals surface area contributed by atoms with E-state index < -0.39 is 0 Å². The van der Waals surface area contributed by atoms with Gasteiger partial charge in [-0.25, -0.2) is 4.98 Å². The van der Waals surface area contributed by atoms with E-state index in [1.165, 1.54) is 12.0 Å². The predicted molar refractivity (Wildman–Crippen MR) is 124 cm³/mol. The largest absolute Gasteiger partial charge is 0.468 e. The van der Waals surface area contributed by atoms with E-state index in [-0.39, 0.29) is 5.41 Å². The lowest BCUT2D eigenvalue weighted by atomic mass is 9.66. The maximum atomic E-state index is 6.34. The van der Waals surface area contributed by atoms with Crippen molar-refractivity contribution in [1.29, 1.82) is 0 Å². The molecule has 172 valence electrons. The fourth-order valence-electron chi connectivity index (χ4n) is 4.50. The summed E-state index contributed by atoms with van der Waals surface area (Å²) in [6.07, 6.45) is 7.15. The van der Waals surface area contributed by atoms with E-state index in [1.54, 1.807) is 10.7 Å². The second kappa shape index (κ2) is 8.09. The van der Waals surface area contributed by atoms with Crippen LogP contribution >= 0.6 is 0 Å². The molecular formula is C25H25N7O2. The average molecular weight is 456 g/mol. The lowest BCUT2D eigenvalue weighted by Gasteiger charge is -2.39. The first kappa shape index (κ1) is 20.6. The Balaban J connectivity index is 1.34. The first-order chi connectivity index (χ1) is 16.6. The van der Waals surface area contributed by atoms with E-state index in [9.17, 15) is 0 Å². The minimum atomic E-state index is 0.0140. The van der Waals surface area contributed by atoms with Crippen molar-refractivity contribution in [3.63, 3.8) is 0 Å². The molecule has 0 unspecified atom stereocenters. The lowest BCUT2D eigenvalue weighted by Crippen LogP contribution is -2.31. The van der Waals surface area contributed by atoms with E-state index in [1.807, 2.05) is 43.5 Å². The van der Waals surface area contributed by atoms with Gasteiger partial charge in [0.05, 0.1) is 0 Å². The number of aromatic nitrogens is 7. The number of benzene rings is 1. The summed E-state index contributed by atoms with van der Waals surface area (Å²) in [5.41, 5.74) is 3.53. The van der Waals surface area contributed by atoms with Gasteiger partial charge < -0.3 is 13.8 Å². The van der Waals surface area contributed by atoms with Crippen LogP contribution in [0.3, 0.4) is 0 Å². The molecule has 0 spiro atoms. The monoisotopic (exact) mass is 455 g/mol. The highest BCUT2D eigenvalue weighted by molar-refractivity contribution is 5.56. The number of imidazole rings is 1. The molecule has 0 saturated heterocycles. The zero-order valence-corrected chi connectivity index (χ0v) is 19.2. The van der Waals surface area contributed by atoms with Crippen molar-refractivity contribution in [3.05, 3.63) is 77.6 Å². The number of rotatable bonds is 7. The Morgan fingerprint density at radius 3 is 2.71 bits per heavy atom. The summed E-state index contributed by atoms with van der Waals surface area (Å²) in [6, 6.07) is 14.2. The highest BCUT2D eigenvalue weighted by atomic mass is 16.5. The number of fused-ring (bicyclic) bond motifs is 1. The number of nitrogens with zero attached hydrogens (tertiary/aromatic N) is 7. The molecule has 9 nitrogen and oxygen atoms in total. The summed E-state index contributed by atoms with van der Waals surface area (Å²) in [7, 11) is 0. The number of hydrogen-bond donors (Lipinski definition) is 0. The van der Waals surface area contributed by atoms with Crippen LogP contribution in [0.1, 0.15) is 48.9 Å². The van der Waals surface area contributed by atoms with E-state index >= 15 is 0 Å². The van der Waals surface area contributed by atoms with Crippen LogP contribution in [0.25, 0.3) is 17.2 Å². The minimum absolute atomic E-state index is 0.0140. The molecule has 1 aliphatic carbocycles. The van der Waals surface area contributed by atoms with E-state index in [0.717, 1.165) is 30.8 Å². The standard InChI is InChI=1S/C25H25N7O2/c1-17-13-20(30-34-17)23-28-27-21-14-19(25(2)9-6-10-25)24(29-32(21)23)33-16-22-26-11-12-31(22)15-18-7-4-3-5-8-18/h3-5,7-8,11-14H,6,9-10,15-16H2,1-2H3. The quantitative estimate of drug-likeness (QED) is 0.360. The van der Waals surface area contributed by atoms with Crippen LogP contribution in [-0.2, 0) is 18.6 Å².